The summed E-state index contributed by atoms with van der Waals surface area (Å²) < 4.78 is 9.78. The van der Waals surface area contributed by atoms with E-state index >= 15 is 0 Å². The molecule has 0 spiro atoms. The zero-order chi connectivity index (χ0) is 9.61. The van der Waals surface area contributed by atoms with E-state index in [2.05, 4.69) is 20.8 Å². The van der Waals surface area contributed by atoms with Crippen LogP contribution in [0.4, 0.5) is 0 Å². The molecule has 0 aromatic heterocycles. The van der Waals surface area contributed by atoms with Crippen molar-refractivity contribution in [2.45, 2.75) is 41.0 Å². The Kier molecular flexibility index (Phi) is 5.97. The number of hydrogen-bond acceptors (Lipinski definition) is 2. The van der Waals surface area contributed by atoms with Gasteiger partial charge < -0.3 is 0 Å². The van der Waals surface area contributed by atoms with E-state index in [0.717, 1.165) is 4.62 Å². The van der Waals surface area contributed by atoms with Crippen LogP contribution in [0, 0.1) is 0 Å². The molecule has 0 aliphatic carbocycles. The summed E-state index contributed by atoms with van der Waals surface area (Å²) in [5, 5.41) is 0. The molecule has 0 fully saturated rings. The number of rotatable bonds is 5. The third kappa shape index (κ3) is 3.78. The molecule has 0 saturated carbocycles. The van der Waals surface area contributed by atoms with Gasteiger partial charge in [-0.25, -0.2) is 0 Å². The zero-order valence-corrected chi connectivity index (χ0v) is 11.5. The van der Waals surface area contributed by atoms with Gasteiger partial charge in [0.05, 0.1) is 0 Å². The standard InChI is InChI=1S/C3H5O2.3C2H5.Sn/c1-3(4)5-2;3*1-2;/h2H2,1H3;3*1H2,2H3;. The van der Waals surface area contributed by atoms with Gasteiger partial charge in [-0.15, -0.1) is 0 Å². The molecule has 12 heavy (non-hydrogen) atoms. The number of ether oxygens (including phenoxy) is 1. The van der Waals surface area contributed by atoms with Crippen molar-refractivity contribution in [3.8, 4) is 0 Å². The van der Waals surface area contributed by atoms with Crippen molar-refractivity contribution in [3.05, 3.63) is 0 Å². The average molecular weight is 279 g/mol. The SMILES string of the molecule is C[CH2][Sn]([CH2]C)([CH2]C)[CH2]OC(C)=O. The Bertz CT molecular complexity index is 133. The minimum atomic E-state index is -1.96. The second kappa shape index (κ2) is 5.84. The fourth-order valence-electron chi connectivity index (χ4n) is 1.31. The van der Waals surface area contributed by atoms with E-state index in [1.807, 2.05) is 0 Å². The first-order valence-electron chi connectivity index (χ1n) is 4.73. The van der Waals surface area contributed by atoms with Gasteiger partial charge in [0.2, 0.25) is 0 Å². The van der Waals surface area contributed by atoms with Crippen molar-refractivity contribution in [3.63, 3.8) is 0 Å². The van der Waals surface area contributed by atoms with Crippen molar-refractivity contribution in [2.75, 3.05) is 4.62 Å². The van der Waals surface area contributed by atoms with Crippen molar-refractivity contribution >= 4 is 24.3 Å². The maximum absolute atomic E-state index is 10.6. The van der Waals surface area contributed by atoms with E-state index in [9.17, 15) is 4.79 Å². The molecule has 0 amide bonds. The molecule has 2 nitrogen and oxygen atoms in total. The second-order valence-electron chi connectivity index (χ2n) is 3.34. The number of hydrogen-bond donors (Lipinski definition) is 0. The normalized spacial score (nSPS) is 11.3. The van der Waals surface area contributed by atoms with Crippen molar-refractivity contribution in [1.29, 1.82) is 0 Å². The van der Waals surface area contributed by atoms with Crippen LogP contribution in [0.15, 0.2) is 0 Å². The molecule has 0 aliphatic rings. The van der Waals surface area contributed by atoms with Gasteiger partial charge in [0.15, 0.2) is 0 Å². The predicted octanol–water partition coefficient (Wildman–Crippen LogP) is 2.60. The van der Waals surface area contributed by atoms with Gasteiger partial charge in [-0.2, -0.15) is 0 Å². The van der Waals surface area contributed by atoms with E-state index < -0.39 is 18.4 Å². The molecule has 0 unspecified atom stereocenters. The summed E-state index contributed by atoms with van der Waals surface area (Å²) in [5.74, 6) is -0.119. The predicted molar refractivity (Wildman–Crippen MR) is 53.8 cm³/mol. The van der Waals surface area contributed by atoms with Crippen molar-refractivity contribution in [1.82, 2.24) is 0 Å². The third-order valence-electron chi connectivity index (χ3n) is 2.83. The van der Waals surface area contributed by atoms with Crippen LogP contribution in [-0.4, -0.2) is 29.0 Å². The molecule has 0 aromatic rings. The van der Waals surface area contributed by atoms with Gasteiger partial charge in [0.1, 0.15) is 0 Å². The Morgan fingerprint density at radius 1 is 1.17 bits per heavy atom. The molecule has 3 heteroatoms. The van der Waals surface area contributed by atoms with E-state index in [1.54, 1.807) is 0 Å². The summed E-state index contributed by atoms with van der Waals surface area (Å²) in [5.41, 5.74) is 0. The summed E-state index contributed by atoms with van der Waals surface area (Å²) in [6, 6.07) is 0. The molecule has 0 aromatic carbocycles. The van der Waals surface area contributed by atoms with Gasteiger partial charge in [0.25, 0.3) is 0 Å². The quantitative estimate of drug-likeness (QED) is 0.571. The van der Waals surface area contributed by atoms with Crippen LogP contribution in [0.3, 0.4) is 0 Å². The number of carbonyl (C=O) groups excluding carboxylic acids is 1. The van der Waals surface area contributed by atoms with Crippen LogP contribution in [0.1, 0.15) is 27.7 Å². The first-order chi connectivity index (χ1) is 5.60. The Labute approximate surface area is 79.6 Å². The molecule has 0 rings (SSSR count). The fraction of sp³-hybridized carbons (Fsp3) is 0.889. The van der Waals surface area contributed by atoms with E-state index in [0.29, 0.717) is 0 Å². The van der Waals surface area contributed by atoms with Crippen molar-refractivity contribution in [2.24, 2.45) is 0 Å². The third-order valence-corrected chi connectivity index (χ3v) is 17.8. The minimum absolute atomic E-state index is 0.119. The maximum atomic E-state index is 10.6. The number of carbonyl (C=O) groups is 1. The van der Waals surface area contributed by atoms with Gasteiger partial charge in [-0.1, -0.05) is 0 Å². The van der Waals surface area contributed by atoms with Crippen LogP contribution in [-0.2, 0) is 9.53 Å². The molecule has 0 aliphatic heterocycles. The fourth-order valence-corrected chi connectivity index (χ4v) is 8.79. The molecular weight excluding hydrogens is 259 g/mol. The Hall–Kier alpha value is 0.269. The first-order valence-corrected chi connectivity index (χ1v) is 12.8. The second-order valence-corrected chi connectivity index (χ2v) is 18.8. The van der Waals surface area contributed by atoms with Crippen LogP contribution in [0.5, 0.6) is 0 Å². The van der Waals surface area contributed by atoms with Crippen LogP contribution >= 0.6 is 0 Å². The molecule has 72 valence electrons. The van der Waals surface area contributed by atoms with Gasteiger partial charge in [0, 0.05) is 0 Å². The molecular formula is C9H20O2Sn. The molecule has 0 N–H and O–H groups in total. The average Bonchev–Trinajstić information content (AvgIpc) is 2.08. The van der Waals surface area contributed by atoms with Crippen LogP contribution in [0.25, 0.3) is 0 Å². The molecule has 0 saturated heterocycles. The summed E-state index contributed by atoms with van der Waals surface area (Å²) in [4.78, 5) is 10.6. The topological polar surface area (TPSA) is 26.3 Å². The molecule has 0 bridgehead atoms. The Morgan fingerprint density at radius 2 is 1.58 bits per heavy atom. The Morgan fingerprint density at radius 3 is 1.83 bits per heavy atom. The number of esters is 1. The van der Waals surface area contributed by atoms with Crippen LogP contribution in [0.2, 0.25) is 13.3 Å². The summed E-state index contributed by atoms with van der Waals surface area (Å²) in [7, 11) is 0. The van der Waals surface area contributed by atoms with E-state index in [1.165, 1.54) is 20.2 Å². The van der Waals surface area contributed by atoms with Crippen molar-refractivity contribution < 1.29 is 9.53 Å². The molecule has 0 heterocycles. The Balaban J connectivity index is 4.01. The zero-order valence-electron chi connectivity index (χ0n) is 8.64. The molecule has 0 radical (unpaired) electrons. The van der Waals surface area contributed by atoms with Gasteiger partial charge in [-0.3, -0.25) is 0 Å². The van der Waals surface area contributed by atoms with Gasteiger partial charge in [-0.05, 0) is 0 Å². The van der Waals surface area contributed by atoms with E-state index in [4.69, 9.17) is 4.74 Å². The monoisotopic (exact) mass is 280 g/mol. The van der Waals surface area contributed by atoms with E-state index in [-0.39, 0.29) is 5.97 Å². The summed E-state index contributed by atoms with van der Waals surface area (Å²) in [6.07, 6.45) is 0. The van der Waals surface area contributed by atoms with Crippen LogP contribution < -0.4 is 0 Å². The summed E-state index contributed by atoms with van der Waals surface area (Å²) in [6.45, 7) is 8.23. The molecule has 0 atom stereocenters. The first kappa shape index (κ1) is 12.3. The summed E-state index contributed by atoms with van der Waals surface area (Å²) >= 11 is -1.96. The van der Waals surface area contributed by atoms with Gasteiger partial charge >= 0.3 is 79.5 Å².